The van der Waals surface area contributed by atoms with E-state index >= 15 is 0 Å². The highest BCUT2D eigenvalue weighted by Gasteiger charge is 2.25. The van der Waals surface area contributed by atoms with Gasteiger partial charge >= 0.3 is 5.97 Å². The minimum atomic E-state index is -0.692. The van der Waals surface area contributed by atoms with Gasteiger partial charge in [0.1, 0.15) is 0 Å². The molecular weight excluding hydrogens is 374 g/mol. The largest absolute Gasteiger partial charge is 0.481 e. The minimum Gasteiger partial charge on any atom is -0.481 e. The van der Waals surface area contributed by atoms with E-state index in [-0.39, 0.29) is 11.9 Å². The number of benzene rings is 1. The lowest BCUT2D eigenvalue weighted by atomic mass is 9.87. The van der Waals surface area contributed by atoms with Crippen LogP contribution in [0, 0.1) is 5.92 Å². The van der Waals surface area contributed by atoms with Crippen LogP contribution >= 0.6 is 23.5 Å². The zero-order chi connectivity index (χ0) is 18.7. The summed E-state index contributed by atoms with van der Waals surface area (Å²) in [6, 6.07) is 6.11. The molecule has 1 aromatic carbocycles. The van der Waals surface area contributed by atoms with Crippen molar-refractivity contribution in [1.29, 1.82) is 0 Å². The van der Waals surface area contributed by atoms with E-state index in [4.69, 9.17) is 28.2 Å². The highest BCUT2D eigenvalue weighted by atomic mass is 35.5. The average molecular weight is 394 g/mol. The van der Waals surface area contributed by atoms with Gasteiger partial charge in [0.25, 0.3) is 0 Å². The van der Waals surface area contributed by atoms with Gasteiger partial charge in [0, 0.05) is 27.9 Å². The van der Waals surface area contributed by atoms with E-state index in [1.807, 2.05) is 18.2 Å². The van der Waals surface area contributed by atoms with Gasteiger partial charge in [-0.05, 0) is 49.8 Å². The second-order valence-corrected chi connectivity index (χ2v) is 7.60. The van der Waals surface area contributed by atoms with E-state index in [2.05, 4.69) is 14.7 Å². The number of aromatic nitrogens is 1. The third-order valence-electron chi connectivity index (χ3n) is 4.44. The van der Waals surface area contributed by atoms with Crippen molar-refractivity contribution in [2.45, 2.75) is 36.6 Å². The molecule has 6 N–H and O–H groups in total. The molecule has 9 heteroatoms. The third kappa shape index (κ3) is 4.38. The standard InChI is InChI=1S/C17H20ClN5O2S/c18-14-8-21-15(22-17(19)20)13-7-11(5-6-12(13)14)26-23-10-3-1-9(2-4-10)16(24)25/h5-10,23H,1-4H2,(H,24,25)(H4,19,20,21,22). The smallest absolute Gasteiger partial charge is 0.306 e. The highest BCUT2D eigenvalue weighted by Crippen LogP contribution is 2.33. The number of halogens is 1. The number of nitrogens with one attached hydrogen (secondary N) is 1. The first-order valence-electron chi connectivity index (χ1n) is 8.27. The van der Waals surface area contributed by atoms with Gasteiger partial charge in [0.2, 0.25) is 0 Å². The molecular formula is C17H20ClN5O2S. The number of fused-ring (bicyclic) bond motifs is 1. The van der Waals surface area contributed by atoms with Crippen molar-refractivity contribution in [3.05, 3.63) is 29.4 Å². The summed E-state index contributed by atoms with van der Waals surface area (Å²) in [5.74, 6) is -0.544. The Labute approximate surface area is 160 Å². The molecule has 0 amide bonds. The molecule has 1 aromatic heterocycles. The molecule has 0 unspecified atom stereocenters. The lowest BCUT2D eigenvalue weighted by molar-refractivity contribution is -0.142. The van der Waals surface area contributed by atoms with Crippen LogP contribution in [-0.4, -0.2) is 28.1 Å². The molecule has 1 aliphatic rings. The summed E-state index contributed by atoms with van der Waals surface area (Å²) in [4.78, 5) is 20.3. The van der Waals surface area contributed by atoms with Crippen LogP contribution in [0.2, 0.25) is 5.02 Å². The summed E-state index contributed by atoms with van der Waals surface area (Å²) < 4.78 is 3.42. The summed E-state index contributed by atoms with van der Waals surface area (Å²) in [5, 5.41) is 11.2. The van der Waals surface area contributed by atoms with Gasteiger partial charge in [-0.25, -0.2) is 4.98 Å². The van der Waals surface area contributed by atoms with Crippen molar-refractivity contribution in [3.63, 3.8) is 0 Å². The normalized spacial score (nSPS) is 20.0. The van der Waals surface area contributed by atoms with Crippen LogP contribution in [0.15, 0.2) is 34.3 Å². The van der Waals surface area contributed by atoms with E-state index in [1.165, 1.54) is 18.1 Å². The van der Waals surface area contributed by atoms with Crippen molar-refractivity contribution in [1.82, 2.24) is 9.71 Å². The third-order valence-corrected chi connectivity index (χ3v) is 5.69. The van der Waals surface area contributed by atoms with Gasteiger partial charge in [-0.15, -0.1) is 0 Å². The second kappa shape index (κ2) is 8.11. The molecule has 0 aliphatic heterocycles. The molecule has 7 nitrogen and oxygen atoms in total. The molecule has 0 bridgehead atoms. The fourth-order valence-corrected chi connectivity index (χ4v) is 4.12. The summed E-state index contributed by atoms with van der Waals surface area (Å²) in [5.41, 5.74) is 11.0. The van der Waals surface area contributed by atoms with Gasteiger partial charge in [-0.3, -0.25) is 9.52 Å². The molecule has 138 valence electrons. The van der Waals surface area contributed by atoms with Gasteiger partial charge < -0.3 is 16.6 Å². The van der Waals surface area contributed by atoms with E-state index in [1.54, 1.807) is 0 Å². The molecule has 1 heterocycles. The number of rotatable bonds is 5. The predicted molar refractivity (Wildman–Crippen MR) is 105 cm³/mol. The van der Waals surface area contributed by atoms with Crippen LogP contribution in [0.4, 0.5) is 5.82 Å². The predicted octanol–water partition coefficient (Wildman–Crippen LogP) is 3.03. The lowest BCUT2D eigenvalue weighted by Crippen LogP contribution is -2.31. The second-order valence-electron chi connectivity index (χ2n) is 6.28. The first-order valence-corrected chi connectivity index (χ1v) is 9.46. The van der Waals surface area contributed by atoms with Crippen molar-refractivity contribution < 1.29 is 9.90 Å². The topological polar surface area (TPSA) is 127 Å². The van der Waals surface area contributed by atoms with E-state index in [9.17, 15) is 4.79 Å². The van der Waals surface area contributed by atoms with Crippen LogP contribution < -0.4 is 16.2 Å². The molecule has 0 spiro atoms. The van der Waals surface area contributed by atoms with Crippen molar-refractivity contribution >= 4 is 52.1 Å². The number of aliphatic carboxylic acids is 1. The zero-order valence-corrected chi connectivity index (χ0v) is 15.6. The van der Waals surface area contributed by atoms with Gasteiger partial charge in [-0.2, -0.15) is 4.99 Å². The van der Waals surface area contributed by atoms with Gasteiger partial charge in [0.05, 0.1) is 10.9 Å². The van der Waals surface area contributed by atoms with Crippen LogP contribution in [0.25, 0.3) is 10.8 Å². The average Bonchev–Trinajstić information content (AvgIpc) is 2.62. The monoisotopic (exact) mass is 393 g/mol. The highest BCUT2D eigenvalue weighted by molar-refractivity contribution is 7.97. The number of carboxylic acid groups (broad SMARTS) is 1. The van der Waals surface area contributed by atoms with Crippen molar-refractivity contribution in [2.24, 2.45) is 22.4 Å². The minimum absolute atomic E-state index is 0.0625. The van der Waals surface area contributed by atoms with E-state index in [0.29, 0.717) is 29.7 Å². The first-order chi connectivity index (χ1) is 12.4. The fourth-order valence-electron chi connectivity index (χ4n) is 3.06. The fraction of sp³-hybridized carbons (Fsp3) is 0.353. The van der Waals surface area contributed by atoms with Crippen molar-refractivity contribution in [2.75, 3.05) is 0 Å². The Balaban J connectivity index is 1.73. The maximum absolute atomic E-state index is 11.0. The quantitative estimate of drug-likeness (QED) is 0.349. The van der Waals surface area contributed by atoms with E-state index < -0.39 is 5.97 Å². The maximum Gasteiger partial charge on any atom is 0.306 e. The number of carbonyl (C=O) groups is 1. The Bertz CT molecular complexity index is 848. The Morgan fingerprint density at radius 1 is 1.27 bits per heavy atom. The number of pyridine rings is 1. The van der Waals surface area contributed by atoms with Crippen LogP contribution in [-0.2, 0) is 4.79 Å². The molecule has 26 heavy (non-hydrogen) atoms. The molecule has 0 saturated heterocycles. The van der Waals surface area contributed by atoms with Crippen LogP contribution in [0.1, 0.15) is 25.7 Å². The Hall–Kier alpha value is -2.03. The van der Waals surface area contributed by atoms with Crippen LogP contribution in [0.5, 0.6) is 0 Å². The number of carboxylic acids is 1. The molecule has 0 atom stereocenters. The Morgan fingerprint density at radius 3 is 2.65 bits per heavy atom. The SMILES string of the molecule is NC(N)=Nc1ncc(Cl)c2ccc(SNC3CCC(C(=O)O)CC3)cc12. The van der Waals surface area contributed by atoms with Gasteiger partial charge in [0.15, 0.2) is 11.8 Å². The first kappa shape index (κ1) is 18.8. The van der Waals surface area contributed by atoms with Gasteiger partial charge in [-0.1, -0.05) is 17.7 Å². The molecule has 0 radical (unpaired) electrons. The molecule has 1 fully saturated rings. The Kier molecular flexibility index (Phi) is 5.85. The molecule has 3 rings (SSSR count). The number of guanidine groups is 1. The Morgan fingerprint density at radius 2 is 2.00 bits per heavy atom. The van der Waals surface area contributed by atoms with Crippen molar-refractivity contribution in [3.8, 4) is 0 Å². The number of hydrogen-bond donors (Lipinski definition) is 4. The van der Waals surface area contributed by atoms with Crippen LogP contribution in [0.3, 0.4) is 0 Å². The summed E-state index contributed by atoms with van der Waals surface area (Å²) in [7, 11) is 0. The summed E-state index contributed by atoms with van der Waals surface area (Å²) in [6.07, 6.45) is 4.64. The maximum atomic E-state index is 11.0. The molecule has 1 saturated carbocycles. The number of aliphatic imine (C=N–C) groups is 1. The number of nitrogens with two attached hydrogens (primary N) is 2. The summed E-state index contributed by atoms with van der Waals surface area (Å²) >= 11 is 7.72. The van der Waals surface area contributed by atoms with E-state index in [0.717, 1.165) is 28.5 Å². The lowest BCUT2D eigenvalue weighted by Gasteiger charge is -2.26. The number of nitrogens with zero attached hydrogens (tertiary/aromatic N) is 2. The molecule has 1 aliphatic carbocycles. The summed E-state index contributed by atoms with van der Waals surface area (Å²) in [6.45, 7) is 0. The number of hydrogen-bond acceptors (Lipinski definition) is 5. The molecule has 2 aromatic rings. The zero-order valence-electron chi connectivity index (χ0n) is 14.0.